The van der Waals surface area contributed by atoms with Gasteiger partial charge in [-0.1, -0.05) is 83.3 Å². The van der Waals surface area contributed by atoms with E-state index >= 15 is 0 Å². The van der Waals surface area contributed by atoms with E-state index in [1.165, 1.54) is 51.4 Å². The Balaban J connectivity index is 2.18. The second-order valence-corrected chi connectivity index (χ2v) is 7.42. The van der Waals surface area contributed by atoms with Crippen molar-refractivity contribution in [1.82, 2.24) is 0 Å². The number of ether oxygens (including phenoxy) is 2. The highest BCUT2D eigenvalue weighted by Crippen LogP contribution is 2.17. The predicted octanol–water partition coefficient (Wildman–Crippen LogP) is 5.24. The van der Waals surface area contributed by atoms with Crippen molar-refractivity contribution in [2.45, 2.75) is 96.4 Å². The molecule has 0 unspecified atom stereocenters. The van der Waals surface area contributed by atoms with Crippen LogP contribution in [0.1, 0.15) is 83.1 Å². The molecule has 0 aliphatic rings. The van der Waals surface area contributed by atoms with Crippen molar-refractivity contribution in [3.05, 3.63) is 29.8 Å². The molecular weight excluding hydrogens is 340 g/mol. The van der Waals surface area contributed by atoms with Crippen LogP contribution in [0, 0.1) is 0 Å². The van der Waals surface area contributed by atoms with Crippen LogP contribution in [-0.4, -0.2) is 36.1 Å². The molecule has 1 rings (SSSR count). The van der Waals surface area contributed by atoms with E-state index in [9.17, 15) is 10.2 Å². The number of hydrogen-bond acceptors (Lipinski definition) is 4. The number of methoxy groups -OCH3 is 1. The van der Waals surface area contributed by atoms with Gasteiger partial charge >= 0.3 is 0 Å². The lowest BCUT2D eigenvalue weighted by molar-refractivity contribution is -0.0691. The average Bonchev–Trinajstić information content (AvgIpc) is 2.71. The number of unbranched alkanes of at least 4 members (excludes halogenated alkanes) is 9. The van der Waals surface area contributed by atoms with Crippen LogP contribution in [0.4, 0.5) is 0 Å². The molecule has 2 atom stereocenters. The van der Waals surface area contributed by atoms with E-state index in [2.05, 4.69) is 6.92 Å². The quantitative estimate of drug-likeness (QED) is 0.363. The zero-order valence-corrected chi connectivity index (χ0v) is 17.4. The molecule has 0 aliphatic carbocycles. The van der Waals surface area contributed by atoms with E-state index in [0.29, 0.717) is 6.61 Å². The van der Waals surface area contributed by atoms with Crippen LogP contribution >= 0.6 is 0 Å². The molecule has 0 saturated carbocycles. The first-order chi connectivity index (χ1) is 13.2. The van der Waals surface area contributed by atoms with Crippen molar-refractivity contribution in [2.24, 2.45) is 0 Å². The van der Waals surface area contributed by atoms with Gasteiger partial charge in [-0.3, -0.25) is 0 Å². The Kier molecular flexibility index (Phi) is 14.1. The molecule has 0 aliphatic heterocycles. The minimum atomic E-state index is -0.818. The maximum Gasteiger partial charge on any atom is 0.118 e. The van der Waals surface area contributed by atoms with Gasteiger partial charge in [-0.25, -0.2) is 0 Å². The number of aliphatic hydroxyl groups excluding tert-OH is 2. The molecular formula is C23H40O4. The Labute approximate surface area is 165 Å². The van der Waals surface area contributed by atoms with Crippen LogP contribution in [0.2, 0.25) is 0 Å². The van der Waals surface area contributed by atoms with Crippen LogP contribution in [-0.2, 0) is 11.3 Å². The van der Waals surface area contributed by atoms with E-state index in [1.54, 1.807) is 7.11 Å². The lowest BCUT2D eigenvalue weighted by Gasteiger charge is -2.22. The van der Waals surface area contributed by atoms with Crippen molar-refractivity contribution >= 4 is 0 Å². The van der Waals surface area contributed by atoms with Crippen LogP contribution < -0.4 is 4.74 Å². The summed E-state index contributed by atoms with van der Waals surface area (Å²) in [5.41, 5.74) is 1.04. The number of rotatable bonds is 17. The Hall–Kier alpha value is -1.10. The summed E-state index contributed by atoms with van der Waals surface area (Å²) < 4.78 is 11.0. The van der Waals surface area contributed by atoms with E-state index in [0.717, 1.165) is 30.6 Å². The van der Waals surface area contributed by atoms with Gasteiger partial charge in [0.15, 0.2) is 0 Å². The monoisotopic (exact) mass is 380 g/mol. The molecule has 0 aromatic heterocycles. The number of aliphatic hydroxyl groups is 2. The summed E-state index contributed by atoms with van der Waals surface area (Å²) in [7, 11) is 1.64. The number of hydrogen-bond donors (Lipinski definition) is 2. The summed E-state index contributed by atoms with van der Waals surface area (Å²) in [6.07, 6.45) is 12.5. The Morgan fingerprint density at radius 3 is 1.93 bits per heavy atom. The van der Waals surface area contributed by atoms with E-state index in [1.807, 2.05) is 24.3 Å². The second-order valence-electron chi connectivity index (χ2n) is 7.42. The van der Waals surface area contributed by atoms with E-state index in [4.69, 9.17) is 9.47 Å². The summed E-state index contributed by atoms with van der Waals surface area (Å²) in [6, 6.07) is 7.72. The molecule has 0 radical (unpaired) electrons. The topological polar surface area (TPSA) is 58.9 Å². The first-order valence-electron chi connectivity index (χ1n) is 10.7. The van der Waals surface area contributed by atoms with Crippen molar-refractivity contribution in [2.75, 3.05) is 13.7 Å². The molecule has 0 amide bonds. The first kappa shape index (κ1) is 23.9. The lowest BCUT2D eigenvalue weighted by Crippen LogP contribution is -2.32. The summed E-state index contributed by atoms with van der Waals surface area (Å²) in [5.74, 6) is 0.816. The summed E-state index contributed by atoms with van der Waals surface area (Å²) >= 11 is 0. The molecule has 4 heteroatoms. The molecule has 0 fully saturated rings. The van der Waals surface area contributed by atoms with Crippen LogP contribution in [0.5, 0.6) is 5.75 Å². The maximum atomic E-state index is 10.0. The Bertz CT molecular complexity index is 446. The van der Waals surface area contributed by atoms with E-state index < -0.39 is 6.10 Å². The van der Waals surface area contributed by atoms with Crippen molar-refractivity contribution in [3.8, 4) is 5.75 Å². The predicted molar refractivity (Wildman–Crippen MR) is 111 cm³/mol. The van der Waals surface area contributed by atoms with Gasteiger partial charge in [-0.05, 0) is 24.1 Å². The van der Waals surface area contributed by atoms with Crippen molar-refractivity contribution < 1.29 is 19.7 Å². The highest BCUT2D eigenvalue weighted by Gasteiger charge is 2.18. The van der Waals surface area contributed by atoms with Gasteiger partial charge in [0.2, 0.25) is 0 Å². The molecule has 0 bridgehead atoms. The molecule has 4 nitrogen and oxygen atoms in total. The third kappa shape index (κ3) is 11.4. The molecule has 0 heterocycles. The third-order valence-electron chi connectivity index (χ3n) is 5.08. The smallest absolute Gasteiger partial charge is 0.118 e. The van der Waals surface area contributed by atoms with Crippen molar-refractivity contribution in [3.63, 3.8) is 0 Å². The van der Waals surface area contributed by atoms with Crippen LogP contribution in [0.25, 0.3) is 0 Å². The van der Waals surface area contributed by atoms with Gasteiger partial charge in [-0.2, -0.15) is 0 Å². The van der Waals surface area contributed by atoms with Gasteiger partial charge < -0.3 is 19.7 Å². The summed E-state index contributed by atoms with van der Waals surface area (Å²) in [4.78, 5) is 0. The minimum absolute atomic E-state index is 0.259. The highest BCUT2D eigenvalue weighted by atomic mass is 16.5. The third-order valence-corrected chi connectivity index (χ3v) is 5.08. The molecule has 0 saturated heterocycles. The largest absolute Gasteiger partial charge is 0.497 e. The fraction of sp³-hybridized carbons (Fsp3) is 0.739. The zero-order chi connectivity index (χ0) is 19.7. The molecule has 156 valence electrons. The fourth-order valence-corrected chi connectivity index (χ4v) is 3.26. The molecule has 27 heavy (non-hydrogen) atoms. The standard InChI is InChI=1S/C23H40O4/c1-3-4-5-6-7-8-9-10-11-12-13-23(22(25)18-24)27-19-20-14-16-21(26-2)17-15-20/h14-17,22-25H,3-13,18-19H2,1-2H3/t22-,23-/m0/s1. The fourth-order valence-electron chi connectivity index (χ4n) is 3.26. The first-order valence-corrected chi connectivity index (χ1v) is 10.7. The highest BCUT2D eigenvalue weighted by molar-refractivity contribution is 5.26. The maximum absolute atomic E-state index is 10.0. The normalized spacial score (nSPS) is 13.5. The van der Waals surface area contributed by atoms with Crippen molar-refractivity contribution in [1.29, 1.82) is 0 Å². The molecule has 2 N–H and O–H groups in total. The van der Waals surface area contributed by atoms with Crippen LogP contribution in [0.15, 0.2) is 24.3 Å². The Morgan fingerprint density at radius 1 is 0.852 bits per heavy atom. The lowest BCUT2D eigenvalue weighted by atomic mass is 10.0. The zero-order valence-electron chi connectivity index (χ0n) is 17.4. The summed E-state index contributed by atoms with van der Waals surface area (Å²) in [5, 5.41) is 19.3. The molecule has 0 spiro atoms. The van der Waals surface area contributed by atoms with Gasteiger partial charge in [0.25, 0.3) is 0 Å². The van der Waals surface area contributed by atoms with Gasteiger partial charge in [-0.15, -0.1) is 0 Å². The average molecular weight is 381 g/mol. The molecule has 1 aromatic carbocycles. The SMILES string of the molecule is CCCCCCCCCCCC[C@H](OCc1ccc(OC)cc1)[C@@H](O)CO. The van der Waals surface area contributed by atoms with Gasteiger partial charge in [0, 0.05) is 0 Å². The summed E-state index contributed by atoms with van der Waals surface area (Å²) in [6.45, 7) is 2.43. The van der Waals surface area contributed by atoms with E-state index in [-0.39, 0.29) is 12.7 Å². The number of benzene rings is 1. The minimum Gasteiger partial charge on any atom is -0.497 e. The van der Waals surface area contributed by atoms with Gasteiger partial charge in [0.05, 0.1) is 26.4 Å². The molecule has 1 aromatic rings. The second kappa shape index (κ2) is 15.9. The Morgan fingerprint density at radius 2 is 1.41 bits per heavy atom. The van der Waals surface area contributed by atoms with Crippen LogP contribution in [0.3, 0.4) is 0 Å². The van der Waals surface area contributed by atoms with Gasteiger partial charge in [0.1, 0.15) is 11.9 Å².